The quantitative estimate of drug-likeness (QED) is 0.768. The highest BCUT2D eigenvalue weighted by atomic mass is 15.2. The van der Waals surface area contributed by atoms with Crippen molar-refractivity contribution in [2.45, 2.75) is 18.9 Å². The molecular weight excluding hydrogens is 312 g/mol. The maximum atomic E-state index is 4.63. The van der Waals surface area contributed by atoms with Crippen molar-refractivity contribution >= 4 is 28.9 Å². The fourth-order valence-electron chi connectivity index (χ4n) is 3.24. The Balaban J connectivity index is 1.56. The Bertz CT molecular complexity index is 865. The first-order valence-electron chi connectivity index (χ1n) is 8.67. The van der Waals surface area contributed by atoms with E-state index in [1.54, 1.807) is 6.20 Å². The van der Waals surface area contributed by atoms with E-state index in [-0.39, 0.29) is 0 Å². The first kappa shape index (κ1) is 15.8. The number of nitrogens with one attached hydrogen (secondary N) is 2. The lowest BCUT2D eigenvalue weighted by Crippen LogP contribution is -2.41. The molecule has 0 amide bonds. The summed E-state index contributed by atoms with van der Waals surface area (Å²) in [6.07, 6.45) is 11.9. The molecule has 4 heterocycles. The first-order valence-corrected chi connectivity index (χ1v) is 8.67. The Morgan fingerprint density at radius 1 is 1.16 bits per heavy atom. The van der Waals surface area contributed by atoms with E-state index in [0.29, 0.717) is 6.04 Å². The maximum Gasteiger partial charge on any atom is 0.159 e. The van der Waals surface area contributed by atoms with Crippen LogP contribution in [0.4, 0.5) is 5.69 Å². The van der Waals surface area contributed by atoms with Gasteiger partial charge in [-0.25, -0.2) is 9.97 Å². The molecule has 1 saturated heterocycles. The summed E-state index contributed by atoms with van der Waals surface area (Å²) in [5.74, 6) is 0. The number of anilines is 1. The zero-order chi connectivity index (χ0) is 17.1. The van der Waals surface area contributed by atoms with E-state index in [9.17, 15) is 0 Å². The fraction of sp³-hybridized carbons (Fsp3) is 0.316. The molecule has 6 nitrogen and oxygen atoms in total. The smallest absolute Gasteiger partial charge is 0.159 e. The molecular formula is C19H22N6. The Labute approximate surface area is 147 Å². The second-order valence-corrected chi connectivity index (χ2v) is 6.43. The number of nitrogens with zero attached hydrogens (tertiary/aromatic N) is 4. The number of hydrogen-bond acceptors (Lipinski definition) is 5. The maximum absolute atomic E-state index is 4.63. The predicted octanol–water partition coefficient (Wildman–Crippen LogP) is 2.71. The summed E-state index contributed by atoms with van der Waals surface area (Å²) in [7, 11) is 2.16. The fourth-order valence-corrected chi connectivity index (χ4v) is 3.24. The minimum absolute atomic E-state index is 0.575. The highest BCUT2D eigenvalue weighted by molar-refractivity contribution is 5.80. The highest BCUT2D eigenvalue weighted by Crippen LogP contribution is 2.23. The molecule has 1 aliphatic heterocycles. The standard InChI is InChI=1S/C19H22N6/c1-25(17-6-8-20-9-7-17)18-10-15-3-5-16(24-19(15)21-13-18)4-2-14-11-22-23-12-14/h2-5,10-13,17,20H,6-9H2,1H3,(H,22,23)/b4-2+. The van der Waals surface area contributed by atoms with E-state index in [4.69, 9.17) is 0 Å². The molecule has 0 saturated carbocycles. The van der Waals surface area contributed by atoms with E-state index >= 15 is 0 Å². The molecule has 0 atom stereocenters. The van der Waals surface area contributed by atoms with Gasteiger partial charge in [0.25, 0.3) is 0 Å². The van der Waals surface area contributed by atoms with Crippen LogP contribution >= 0.6 is 0 Å². The van der Waals surface area contributed by atoms with E-state index in [0.717, 1.165) is 41.1 Å². The van der Waals surface area contributed by atoms with Crippen LogP contribution < -0.4 is 10.2 Å². The van der Waals surface area contributed by atoms with Gasteiger partial charge in [-0.2, -0.15) is 5.10 Å². The van der Waals surface area contributed by atoms with Crippen LogP contribution in [0.15, 0.2) is 36.8 Å². The lowest BCUT2D eigenvalue weighted by atomic mass is 10.0. The van der Waals surface area contributed by atoms with Crippen LogP contribution in [-0.4, -0.2) is 46.3 Å². The molecule has 0 aromatic carbocycles. The van der Waals surface area contributed by atoms with Crippen molar-refractivity contribution in [2.24, 2.45) is 0 Å². The third kappa shape index (κ3) is 3.53. The molecule has 6 heteroatoms. The van der Waals surface area contributed by atoms with E-state index in [1.165, 1.54) is 12.8 Å². The zero-order valence-corrected chi connectivity index (χ0v) is 14.3. The van der Waals surface area contributed by atoms with Gasteiger partial charge in [-0.05, 0) is 56.3 Å². The summed E-state index contributed by atoms with van der Waals surface area (Å²) in [5, 5.41) is 11.2. The van der Waals surface area contributed by atoms with Crippen LogP contribution in [0.3, 0.4) is 0 Å². The summed E-state index contributed by atoms with van der Waals surface area (Å²) >= 11 is 0. The molecule has 1 fully saturated rings. The lowest BCUT2D eigenvalue weighted by Gasteiger charge is -2.33. The van der Waals surface area contributed by atoms with Gasteiger partial charge in [0.05, 0.1) is 23.8 Å². The minimum Gasteiger partial charge on any atom is -0.370 e. The van der Waals surface area contributed by atoms with Gasteiger partial charge in [-0.1, -0.05) is 0 Å². The molecule has 0 aliphatic carbocycles. The van der Waals surface area contributed by atoms with E-state index in [2.05, 4.69) is 49.6 Å². The molecule has 128 valence electrons. The Hall–Kier alpha value is -2.73. The van der Waals surface area contributed by atoms with Crippen LogP contribution in [0, 0.1) is 0 Å². The number of pyridine rings is 2. The van der Waals surface area contributed by atoms with Crippen LogP contribution in [0.5, 0.6) is 0 Å². The number of aromatic amines is 1. The molecule has 3 aromatic heterocycles. The largest absolute Gasteiger partial charge is 0.370 e. The number of H-pyrrole nitrogens is 1. The second kappa shape index (κ2) is 7.03. The zero-order valence-electron chi connectivity index (χ0n) is 14.3. The Morgan fingerprint density at radius 3 is 2.84 bits per heavy atom. The van der Waals surface area contributed by atoms with Crippen molar-refractivity contribution in [3.63, 3.8) is 0 Å². The third-order valence-electron chi connectivity index (χ3n) is 4.78. The molecule has 1 aliphatic rings. The van der Waals surface area contributed by atoms with Gasteiger partial charge >= 0.3 is 0 Å². The number of fused-ring (bicyclic) bond motifs is 1. The van der Waals surface area contributed by atoms with Gasteiger partial charge < -0.3 is 10.2 Å². The highest BCUT2D eigenvalue weighted by Gasteiger charge is 2.18. The monoisotopic (exact) mass is 334 g/mol. The first-order chi connectivity index (χ1) is 12.3. The summed E-state index contributed by atoms with van der Waals surface area (Å²) in [4.78, 5) is 11.6. The summed E-state index contributed by atoms with van der Waals surface area (Å²) in [6.45, 7) is 2.17. The molecule has 25 heavy (non-hydrogen) atoms. The molecule has 4 rings (SSSR count). The molecule has 3 aromatic rings. The number of rotatable bonds is 4. The van der Waals surface area contributed by atoms with Gasteiger partial charge in [0.1, 0.15) is 0 Å². The van der Waals surface area contributed by atoms with Crippen LogP contribution in [0.25, 0.3) is 23.2 Å². The third-order valence-corrected chi connectivity index (χ3v) is 4.78. The number of piperidine rings is 1. The van der Waals surface area contributed by atoms with Gasteiger partial charge in [0, 0.05) is 30.2 Å². The van der Waals surface area contributed by atoms with Gasteiger partial charge in [0.15, 0.2) is 5.65 Å². The summed E-state index contributed by atoms with van der Waals surface area (Å²) < 4.78 is 0. The lowest BCUT2D eigenvalue weighted by molar-refractivity contribution is 0.443. The average molecular weight is 334 g/mol. The Morgan fingerprint density at radius 2 is 2.04 bits per heavy atom. The normalized spacial score (nSPS) is 15.9. The SMILES string of the molecule is CN(c1cnc2nc(/C=C/c3cn[nH]c3)ccc2c1)C1CCNCC1. The van der Waals surface area contributed by atoms with Crippen molar-refractivity contribution in [3.8, 4) is 0 Å². The summed E-state index contributed by atoms with van der Waals surface area (Å²) in [6, 6.07) is 6.87. The van der Waals surface area contributed by atoms with Crippen molar-refractivity contribution in [3.05, 3.63) is 48.0 Å². The van der Waals surface area contributed by atoms with Crippen molar-refractivity contribution in [1.29, 1.82) is 0 Å². The van der Waals surface area contributed by atoms with Crippen molar-refractivity contribution < 1.29 is 0 Å². The Kier molecular flexibility index (Phi) is 4.43. The number of hydrogen-bond donors (Lipinski definition) is 2. The molecule has 0 radical (unpaired) electrons. The van der Waals surface area contributed by atoms with Gasteiger partial charge in [0.2, 0.25) is 0 Å². The van der Waals surface area contributed by atoms with Crippen LogP contribution in [0.2, 0.25) is 0 Å². The molecule has 0 bridgehead atoms. The summed E-state index contributed by atoms with van der Waals surface area (Å²) in [5.41, 5.74) is 3.84. The predicted molar refractivity (Wildman–Crippen MR) is 101 cm³/mol. The minimum atomic E-state index is 0.575. The second-order valence-electron chi connectivity index (χ2n) is 6.43. The van der Waals surface area contributed by atoms with Gasteiger partial charge in [-0.15, -0.1) is 0 Å². The van der Waals surface area contributed by atoms with Crippen LogP contribution in [0.1, 0.15) is 24.1 Å². The van der Waals surface area contributed by atoms with Crippen molar-refractivity contribution in [1.82, 2.24) is 25.5 Å². The average Bonchev–Trinajstić information content (AvgIpc) is 3.19. The topological polar surface area (TPSA) is 69.7 Å². The van der Waals surface area contributed by atoms with E-state index < -0.39 is 0 Å². The number of aromatic nitrogens is 4. The molecule has 0 spiro atoms. The molecule has 0 unspecified atom stereocenters. The van der Waals surface area contributed by atoms with Crippen molar-refractivity contribution in [2.75, 3.05) is 25.0 Å². The van der Waals surface area contributed by atoms with E-state index in [1.807, 2.05) is 30.6 Å². The molecule has 2 N–H and O–H groups in total. The van der Waals surface area contributed by atoms with Gasteiger partial charge in [-0.3, -0.25) is 5.10 Å². The van der Waals surface area contributed by atoms with Crippen LogP contribution in [-0.2, 0) is 0 Å².